The Morgan fingerprint density at radius 2 is 2.07 bits per heavy atom. The smallest absolute Gasteiger partial charge is 0.245 e. The number of aliphatic imine (C=N–C) groups is 1. The second-order valence-electron chi connectivity index (χ2n) is 6.79. The molecule has 0 bridgehead atoms. The van der Waals surface area contributed by atoms with E-state index in [0.717, 1.165) is 16.7 Å². The predicted octanol–water partition coefficient (Wildman–Crippen LogP) is 2.61. The van der Waals surface area contributed by atoms with Crippen LogP contribution < -0.4 is 0 Å². The quantitative estimate of drug-likeness (QED) is 0.801. The first kappa shape index (κ1) is 17.8. The molecule has 3 aliphatic rings. The van der Waals surface area contributed by atoms with E-state index in [0.29, 0.717) is 11.3 Å². The molecule has 4 rings (SSSR count). The SMILES string of the molecule is CC(=O)N(C)CN1Cc2cc(C3=CN=C4CC(F)=CC=C34)ccc2S1(=O)=O. The summed E-state index contributed by atoms with van der Waals surface area (Å²) in [5, 5.41) is 0. The number of rotatable bonds is 3. The van der Waals surface area contributed by atoms with E-state index in [1.807, 2.05) is 6.07 Å². The van der Waals surface area contributed by atoms with Crippen LogP contribution in [0.3, 0.4) is 0 Å². The summed E-state index contributed by atoms with van der Waals surface area (Å²) in [5.74, 6) is -0.426. The highest BCUT2D eigenvalue weighted by molar-refractivity contribution is 7.89. The lowest BCUT2D eigenvalue weighted by Crippen LogP contribution is -2.38. The van der Waals surface area contributed by atoms with Crippen LogP contribution in [-0.2, 0) is 21.4 Å². The Kier molecular flexibility index (Phi) is 4.12. The van der Waals surface area contributed by atoms with E-state index in [-0.39, 0.29) is 36.3 Å². The molecule has 1 aliphatic carbocycles. The standard InChI is InChI=1S/C19H18FN3O3S/c1-12(24)22(2)11-23-10-14-7-13(3-6-19(14)27(23,25)26)17-9-21-18-8-15(20)4-5-16(17)18/h3-7,9H,8,10-11H2,1-2H3. The molecule has 0 N–H and O–H groups in total. The molecule has 0 radical (unpaired) electrons. The molecule has 0 saturated carbocycles. The van der Waals surface area contributed by atoms with Gasteiger partial charge in [-0.05, 0) is 35.4 Å². The zero-order chi connectivity index (χ0) is 19.3. The first-order valence-corrected chi connectivity index (χ1v) is 9.90. The summed E-state index contributed by atoms with van der Waals surface area (Å²) in [5.41, 5.74) is 3.92. The number of carbonyl (C=O) groups is 1. The highest BCUT2D eigenvalue weighted by Crippen LogP contribution is 2.37. The molecule has 1 aromatic carbocycles. The molecule has 1 amide bonds. The highest BCUT2D eigenvalue weighted by atomic mass is 32.2. The van der Waals surface area contributed by atoms with Crippen LogP contribution in [0.2, 0.25) is 0 Å². The van der Waals surface area contributed by atoms with Gasteiger partial charge in [0.2, 0.25) is 15.9 Å². The third-order valence-corrected chi connectivity index (χ3v) is 6.84. The van der Waals surface area contributed by atoms with Gasteiger partial charge < -0.3 is 4.90 Å². The number of sulfonamides is 1. The molecule has 0 saturated heterocycles. The number of nitrogens with zero attached hydrogens (tertiary/aromatic N) is 3. The Hall–Kier alpha value is -2.58. The molecule has 0 aromatic heterocycles. The van der Waals surface area contributed by atoms with E-state index in [4.69, 9.17) is 0 Å². The molecule has 0 spiro atoms. The number of hydrogen-bond acceptors (Lipinski definition) is 4. The van der Waals surface area contributed by atoms with Crippen molar-refractivity contribution >= 4 is 27.2 Å². The lowest BCUT2D eigenvalue weighted by atomic mass is 9.92. The van der Waals surface area contributed by atoms with Gasteiger partial charge in [0, 0.05) is 44.3 Å². The zero-order valence-corrected chi connectivity index (χ0v) is 15.8. The van der Waals surface area contributed by atoms with Gasteiger partial charge in [-0.25, -0.2) is 12.8 Å². The van der Waals surface area contributed by atoms with Gasteiger partial charge >= 0.3 is 0 Å². The van der Waals surface area contributed by atoms with Crippen molar-refractivity contribution < 1.29 is 17.6 Å². The molecule has 27 heavy (non-hydrogen) atoms. The first-order chi connectivity index (χ1) is 12.8. The van der Waals surface area contributed by atoms with Crippen LogP contribution in [0.25, 0.3) is 5.57 Å². The summed E-state index contributed by atoms with van der Waals surface area (Å²) in [6.45, 7) is 1.61. The van der Waals surface area contributed by atoms with Crippen molar-refractivity contribution in [3.8, 4) is 0 Å². The number of amides is 1. The molecule has 8 heteroatoms. The van der Waals surface area contributed by atoms with E-state index in [9.17, 15) is 17.6 Å². The van der Waals surface area contributed by atoms with E-state index in [1.54, 1.807) is 31.5 Å². The van der Waals surface area contributed by atoms with Crippen molar-refractivity contribution in [1.82, 2.24) is 9.21 Å². The maximum Gasteiger partial charge on any atom is 0.245 e. The van der Waals surface area contributed by atoms with Crippen LogP contribution in [-0.4, -0.2) is 43.0 Å². The Labute approximate surface area is 157 Å². The van der Waals surface area contributed by atoms with Crippen molar-refractivity contribution in [1.29, 1.82) is 0 Å². The fourth-order valence-corrected chi connectivity index (χ4v) is 4.99. The fraction of sp³-hybridized carbons (Fsp3) is 0.263. The Balaban J connectivity index is 1.65. The van der Waals surface area contributed by atoms with Gasteiger partial charge in [-0.15, -0.1) is 0 Å². The first-order valence-electron chi connectivity index (χ1n) is 8.46. The molecule has 0 atom stereocenters. The van der Waals surface area contributed by atoms with Crippen LogP contribution in [0.4, 0.5) is 4.39 Å². The van der Waals surface area contributed by atoms with Gasteiger partial charge in [-0.1, -0.05) is 6.07 Å². The van der Waals surface area contributed by atoms with Crippen molar-refractivity contribution in [2.45, 2.75) is 24.8 Å². The van der Waals surface area contributed by atoms with Crippen LogP contribution in [0, 0.1) is 0 Å². The minimum absolute atomic E-state index is 0.00681. The topological polar surface area (TPSA) is 70.1 Å². The van der Waals surface area contributed by atoms with Gasteiger partial charge in [0.05, 0.1) is 17.3 Å². The second-order valence-corrected chi connectivity index (χ2v) is 8.69. The van der Waals surface area contributed by atoms with Gasteiger partial charge in [0.1, 0.15) is 5.83 Å². The molecule has 140 valence electrons. The van der Waals surface area contributed by atoms with Gasteiger partial charge in [-0.3, -0.25) is 9.79 Å². The number of carbonyl (C=O) groups excluding carboxylic acids is 1. The minimum Gasteiger partial charge on any atom is -0.332 e. The molecular weight excluding hydrogens is 369 g/mol. The fourth-order valence-electron chi connectivity index (χ4n) is 3.38. The molecule has 0 fully saturated rings. The molecule has 6 nitrogen and oxygen atoms in total. The Morgan fingerprint density at radius 3 is 2.81 bits per heavy atom. The van der Waals surface area contributed by atoms with Crippen molar-refractivity contribution in [3.05, 3.63) is 59.1 Å². The Morgan fingerprint density at radius 1 is 1.30 bits per heavy atom. The van der Waals surface area contributed by atoms with Gasteiger partial charge in [0.15, 0.2) is 0 Å². The predicted molar refractivity (Wildman–Crippen MR) is 99.8 cm³/mol. The average Bonchev–Trinajstić information content (AvgIpc) is 3.13. The number of benzene rings is 1. The van der Waals surface area contributed by atoms with Gasteiger partial charge in [0.25, 0.3) is 0 Å². The number of allylic oxidation sites excluding steroid dienone is 5. The zero-order valence-electron chi connectivity index (χ0n) is 14.9. The van der Waals surface area contributed by atoms with Gasteiger partial charge in [-0.2, -0.15) is 4.31 Å². The summed E-state index contributed by atoms with van der Waals surface area (Å²) in [6.07, 6.45) is 5.01. The van der Waals surface area contributed by atoms with Crippen molar-refractivity contribution in [3.63, 3.8) is 0 Å². The average molecular weight is 387 g/mol. The third-order valence-electron chi connectivity index (χ3n) is 4.96. The monoisotopic (exact) mass is 387 g/mol. The summed E-state index contributed by atoms with van der Waals surface area (Å²) >= 11 is 0. The molecule has 2 heterocycles. The largest absolute Gasteiger partial charge is 0.332 e. The van der Waals surface area contributed by atoms with E-state index < -0.39 is 10.0 Å². The molecular formula is C19H18FN3O3S. The third kappa shape index (κ3) is 2.94. The van der Waals surface area contributed by atoms with Crippen LogP contribution in [0.15, 0.2) is 57.8 Å². The maximum atomic E-state index is 13.4. The summed E-state index contributed by atoms with van der Waals surface area (Å²) in [6, 6.07) is 5.17. The lowest BCUT2D eigenvalue weighted by molar-refractivity contribution is -0.128. The second kappa shape index (κ2) is 6.24. The van der Waals surface area contributed by atoms with Crippen LogP contribution in [0.1, 0.15) is 24.5 Å². The highest BCUT2D eigenvalue weighted by Gasteiger charge is 2.36. The summed E-state index contributed by atoms with van der Waals surface area (Å²) in [7, 11) is -2.06. The van der Waals surface area contributed by atoms with E-state index in [2.05, 4.69) is 4.99 Å². The normalized spacial score (nSPS) is 20.3. The summed E-state index contributed by atoms with van der Waals surface area (Å²) in [4.78, 5) is 17.4. The van der Waals surface area contributed by atoms with Crippen LogP contribution >= 0.6 is 0 Å². The van der Waals surface area contributed by atoms with E-state index >= 15 is 0 Å². The lowest BCUT2D eigenvalue weighted by Gasteiger charge is -2.21. The summed E-state index contributed by atoms with van der Waals surface area (Å²) < 4.78 is 40.2. The van der Waals surface area contributed by atoms with Crippen molar-refractivity contribution in [2.24, 2.45) is 4.99 Å². The molecule has 2 aliphatic heterocycles. The molecule has 1 aromatic rings. The number of fused-ring (bicyclic) bond motifs is 2. The number of hydrogen-bond donors (Lipinski definition) is 0. The van der Waals surface area contributed by atoms with Crippen molar-refractivity contribution in [2.75, 3.05) is 13.7 Å². The Bertz CT molecular complexity index is 1080. The number of halogens is 1. The minimum atomic E-state index is -3.63. The maximum absolute atomic E-state index is 13.4. The van der Waals surface area contributed by atoms with E-state index in [1.165, 1.54) is 22.2 Å². The van der Waals surface area contributed by atoms with Crippen LogP contribution in [0.5, 0.6) is 0 Å². The molecule has 0 unspecified atom stereocenters.